The zero-order valence-electron chi connectivity index (χ0n) is 11.9. The lowest BCUT2D eigenvalue weighted by molar-refractivity contribution is 0.0607. The topological polar surface area (TPSA) is 89.9 Å². The molecular weight excluding hydrogens is 338 g/mol. The molecule has 116 valence electrons. The van der Waals surface area contributed by atoms with Crippen LogP contribution >= 0.6 is 22.9 Å². The van der Waals surface area contributed by atoms with Gasteiger partial charge in [0.25, 0.3) is 0 Å². The van der Waals surface area contributed by atoms with Crippen molar-refractivity contribution in [3.05, 3.63) is 46.1 Å². The van der Waals surface area contributed by atoms with E-state index in [1.807, 2.05) is 0 Å². The van der Waals surface area contributed by atoms with Gasteiger partial charge < -0.3 is 10.1 Å². The second kappa shape index (κ2) is 6.67. The summed E-state index contributed by atoms with van der Waals surface area (Å²) < 4.78 is 4.74. The van der Waals surface area contributed by atoms with Gasteiger partial charge in [-0.1, -0.05) is 11.6 Å². The van der Waals surface area contributed by atoms with Crippen LogP contribution in [0.1, 0.15) is 9.67 Å². The Balaban J connectivity index is 1.89. The number of hydrogen-bond acceptors (Lipinski definition) is 8. The highest BCUT2D eigenvalue weighted by molar-refractivity contribution is 7.12. The molecule has 0 bridgehead atoms. The van der Waals surface area contributed by atoms with Crippen LogP contribution in [-0.4, -0.2) is 33.0 Å². The van der Waals surface area contributed by atoms with E-state index in [0.717, 1.165) is 0 Å². The number of thiophene rings is 1. The van der Waals surface area contributed by atoms with Crippen LogP contribution in [0, 0.1) is 0 Å². The molecule has 0 spiro atoms. The molecular formula is C14H10ClN5O2S. The fourth-order valence-corrected chi connectivity index (χ4v) is 2.76. The number of esters is 1. The second-order valence-electron chi connectivity index (χ2n) is 4.28. The van der Waals surface area contributed by atoms with Gasteiger partial charge in [-0.25, -0.2) is 19.7 Å². The van der Waals surface area contributed by atoms with Crippen LogP contribution in [0.4, 0.5) is 11.6 Å². The van der Waals surface area contributed by atoms with Gasteiger partial charge in [-0.2, -0.15) is 4.98 Å². The third-order valence-electron chi connectivity index (χ3n) is 2.84. The Hall–Kier alpha value is -2.58. The summed E-state index contributed by atoms with van der Waals surface area (Å²) in [6.45, 7) is 0. The van der Waals surface area contributed by atoms with Crippen molar-refractivity contribution in [2.45, 2.75) is 0 Å². The van der Waals surface area contributed by atoms with Gasteiger partial charge in [0.1, 0.15) is 16.4 Å². The lowest BCUT2D eigenvalue weighted by Gasteiger charge is -2.06. The van der Waals surface area contributed by atoms with E-state index in [4.69, 9.17) is 16.3 Å². The van der Waals surface area contributed by atoms with Crippen molar-refractivity contribution in [2.75, 3.05) is 12.4 Å². The summed E-state index contributed by atoms with van der Waals surface area (Å²) in [7, 11) is 1.33. The number of ether oxygens (including phenoxy) is 1. The molecule has 0 aliphatic rings. The Labute approximate surface area is 140 Å². The number of nitrogens with zero attached hydrogens (tertiary/aromatic N) is 4. The number of anilines is 2. The van der Waals surface area contributed by atoms with Crippen LogP contribution in [0.25, 0.3) is 11.4 Å². The van der Waals surface area contributed by atoms with Crippen molar-refractivity contribution in [1.82, 2.24) is 19.9 Å². The third kappa shape index (κ3) is 3.43. The molecule has 0 saturated carbocycles. The lowest BCUT2D eigenvalue weighted by atomic mass is 10.2. The zero-order valence-corrected chi connectivity index (χ0v) is 13.4. The van der Waals surface area contributed by atoms with E-state index in [0.29, 0.717) is 33.1 Å². The average Bonchev–Trinajstić information content (AvgIpc) is 3.02. The number of hydrogen-bond donors (Lipinski definition) is 1. The maximum absolute atomic E-state index is 11.7. The van der Waals surface area contributed by atoms with Crippen molar-refractivity contribution < 1.29 is 9.53 Å². The number of rotatable bonds is 4. The van der Waals surface area contributed by atoms with E-state index in [9.17, 15) is 4.79 Å². The molecule has 0 aliphatic heterocycles. The quantitative estimate of drug-likeness (QED) is 0.572. The van der Waals surface area contributed by atoms with E-state index < -0.39 is 5.97 Å². The van der Waals surface area contributed by atoms with Gasteiger partial charge in [0.05, 0.1) is 12.8 Å². The number of aromatic nitrogens is 4. The average molecular weight is 348 g/mol. The van der Waals surface area contributed by atoms with E-state index in [2.05, 4.69) is 25.3 Å². The summed E-state index contributed by atoms with van der Waals surface area (Å²) >= 11 is 7.14. The summed E-state index contributed by atoms with van der Waals surface area (Å²) in [5.74, 6) is 0.339. The minimum atomic E-state index is -0.419. The number of halogens is 1. The predicted molar refractivity (Wildman–Crippen MR) is 87.0 cm³/mol. The van der Waals surface area contributed by atoms with Crippen molar-refractivity contribution in [1.29, 1.82) is 0 Å². The summed E-state index contributed by atoms with van der Waals surface area (Å²) in [4.78, 5) is 28.5. The SMILES string of the molecule is COC(=O)c1sccc1Nc1ncnc(-c2ccnc(Cl)c2)n1. The van der Waals surface area contributed by atoms with Crippen molar-refractivity contribution in [2.24, 2.45) is 0 Å². The van der Waals surface area contributed by atoms with Gasteiger partial charge >= 0.3 is 5.97 Å². The molecule has 0 saturated heterocycles. The molecule has 23 heavy (non-hydrogen) atoms. The first-order valence-electron chi connectivity index (χ1n) is 6.41. The molecule has 0 fully saturated rings. The maximum Gasteiger partial charge on any atom is 0.350 e. The first-order valence-corrected chi connectivity index (χ1v) is 7.67. The predicted octanol–water partition coefficient (Wildman–Crippen LogP) is 3.18. The molecule has 7 nitrogen and oxygen atoms in total. The van der Waals surface area contributed by atoms with Crippen LogP contribution in [-0.2, 0) is 4.74 Å². The Morgan fingerprint density at radius 3 is 2.96 bits per heavy atom. The molecule has 0 amide bonds. The van der Waals surface area contributed by atoms with Gasteiger partial charge in [0.2, 0.25) is 5.95 Å². The monoisotopic (exact) mass is 347 g/mol. The van der Waals surface area contributed by atoms with E-state index in [-0.39, 0.29) is 0 Å². The first-order chi connectivity index (χ1) is 11.2. The Kier molecular flexibility index (Phi) is 4.45. The number of methoxy groups -OCH3 is 1. The van der Waals surface area contributed by atoms with E-state index in [1.54, 1.807) is 29.8 Å². The third-order valence-corrected chi connectivity index (χ3v) is 3.94. The molecule has 0 aromatic carbocycles. The molecule has 0 radical (unpaired) electrons. The largest absolute Gasteiger partial charge is 0.465 e. The van der Waals surface area contributed by atoms with Crippen LogP contribution < -0.4 is 5.32 Å². The minimum absolute atomic E-state index is 0.312. The van der Waals surface area contributed by atoms with Gasteiger partial charge in [0.15, 0.2) is 5.82 Å². The van der Waals surface area contributed by atoms with Crippen molar-refractivity contribution >= 4 is 40.5 Å². The van der Waals surface area contributed by atoms with Gasteiger partial charge in [-0.05, 0) is 23.6 Å². The van der Waals surface area contributed by atoms with Crippen LogP contribution in [0.2, 0.25) is 5.15 Å². The summed E-state index contributed by atoms with van der Waals surface area (Å²) in [6, 6.07) is 5.16. The summed E-state index contributed by atoms with van der Waals surface area (Å²) in [5.41, 5.74) is 1.29. The summed E-state index contributed by atoms with van der Waals surface area (Å²) in [5, 5.41) is 5.12. The lowest BCUT2D eigenvalue weighted by Crippen LogP contribution is -2.04. The standard InChI is InChI=1S/C14H10ClN5O2S/c1-22-13(21)11-9(3-5-23-11)19-14-18-7-17-12(20-14)8-2-4-16-10(15)6-8/h2-7H,1H3,(H,17,18,19,20). The number of pyridine rings is 1. The Morgan fingerprint density at radius 1 is 1.30 bits per heavy atom. The van der Waals surface area contributed by atoms with E-state index in [1.165, 1.54) is 24.8 Å². The van der Waals surface area contributed by atoms with Gasteiger partial charge in [-0.15, -0.1) is 11.3 Å². The minimum Gasteiger partial charge on any atom is -0.465 e. The first kappa shape index (κ1) is 15.3. The fraction of sp³-hybridized carbons (Fsp3) is 0.0714. The highest BCUT2D eigenvalue weighted by atomic mass is 35.5. The molecule has 3 aromatic rings. The fourth-order valence-electron chi connectivity index (χ4n) is 1.82. The Morgan fingerprint density at radius 2 is 2.17 bits per heavy atom. The molecule has 1 N–H and O–H groups in total. The van der Waals surface area contributed by atoms with Crippen LogP contribution in [0.15, 0.2) is 36.1 Å². The summed E-state index contributed by atoms with van der Waals surface area (Å²) in [6.07, 6.45) is 2.95. The highest BCUT2D eigenvalue weighted by Gasteiger charge is 2.15. The molecule has 0 atom stereocenters. The second-order valence-corrected chi connectivity index (χ2v) is 5.58. The van der Waals surface area contributed by atoms with Crippen molar-refractivity contribution in [3.63, 3.8) is 0 Å². The van der Waals surface area contributed by atoms with E-state index >= 15 is 0 Å². The maximum atomic E-state index is 11.7. The van der Waals surface area contributed by atoms with Gasteiger partial charge in [0, 0.05) is 11.8 Å². The van der Waals surface area contributed by atoms with Gasteiger partial charge in [-0.3, -0.25) is 0 Å². The highest BCUT2D eigenvalue weighted by Crippen LogP contribution is 2.26. The Bertz CT molecular complexity index is 854. The molecule has 0 aliphatic carbocycles. The molecule has 3 aromatic heterocycles. The molecule has 9 heteroatoms. The number of carbonyl (C=O) groups is 1. The molecule has 0 unspecified atom stereocenters. The number of nitrogens with one attached hydrogen (secondary N) is 1. The van der Waals surface area contributed by atoms with Crippen LogP contribution in [0.3, 0.4) is 0 Å². The van der Waals surface area contributed by atoms with Crippen molar-refractivity contribution in [3.8, 4) is 11.4 Å². The smallest absolute Gasteiger partial charge is 0.350 e. The number of carbonyl (C=O) groups excluding carboxylic acids is 1. The molecule has 3 heterocycles. The normalized spacial score (nSPS) is 10.3. The molecule has 3 rings (SSSR count). The van der Waals surface area contributed by atoms with Crippen LogP contribution in [0.5, 0.6) is 0 Å². The zero-order chi connectivity index (χ0) is 16.2.